The third-order valence-corrected chi connectivity index (χ3v) is 3.35. The first-order chi connectivity index (χ1) is 8.65. The SMILES string of the molecule is Cc1cc(C(=O)N2CCN(C(=O)C3CC3)C2)on1. The van der Waals surface area contributed by atoms with Crippen LogP contribution in [0.25, 0.3) is 0 Å². The van der Waals surface area contributed by atoms with Crippen LogP contribution in [0.5, 0.6) is 0 Å². The molecule has 0 bridgehead atoms. The van der Waals surface area contributed by atoms with Crippen LogP contribution in [-0.2, 0) is 4.79 Å². The molecule has 1 aromatic rings. The van der Waals surface area contributed by atoms with Crippen molar-refractivity contribution >= 4 is 11.8 Å². The van der Waals surface area contributed by atoms with Crippen molar-refractivity contribution in [2.45, 2.75) is 19.8 Å². The first-order valence-electron chi connectivity index (χ1n) is 6.16. The summed E-state index contributed by atoms with van der Waals surface area (Å²) in [6.45, 7) is 3.33. The fraction of sp³-hybridized carbons (Fsp3) is 0.583. The second-order valence-electron chi connectivity index (χ2n) is 4.92. The van der Waals surface area contributed by atoms with E-state index < -0.39 is 0 Å². The van der Waals surface area contributed by atoms with Gasteiger partial charge in [-0.25, -0.2) is 0 Å². The molecule has 1 aliphatic carbocycles. The first kappa shape index (κ1) is 11.3. The molecule has 18 heavy (non-hydrogen) atoms. The highest BCUT2D eigenvalue weighted by Gasteiger charge is 2.37. The van der Waals surface area contributed by atoms with E-state index in [0.717, 1.165) is 12.8 Å². The van der Waals surface area contributed by atoms with Crippen molar-refractivity contribution in [1.82, 2.24) is 15.0 Å². The molecule has 2 heterocycles. The Bertz CT molecular complexity index is 493. The summed E-state index contributed by atoms with van der Waals surface area (Å²) in [5.41, 5.74) is 0.684. The molecule has 0 atom stereocenters. The number of hydrogen-bond acceptors (Lipinski definition) is 4. The first-order valence-corrected chi connectivity index (χ1v) is 6.16. The van der Waals surface area contributed by atoms with E-state index in [4.69, 9.17) is 4.52 Å². The lowest BCUT2D eigenvalue weighted by molar-refractivity contribution is -0.131. The van der Waals surface area contributed by atoms with E-state index in [1.54, 1.807) is 22.8 Å². The Balaban J connectivity index is 1.64. The predicted molar refractivity (Wildman–Crippen MR) is 61.6 cm³/mol. The van der Waals surface area contributed by atoms with Gasteiger partial charge in [0.25, 0.3) is 5.91 Å². The van der Waals surface area contributed by atoms with E-state index >= 15 is 0 Å². The molecule has 6 heteroatoms. The highest BCUT2D eigenvalue weighted by molar-refractivity contribution is 5.92. The summed E-state index contributed by atoms with van der Waals surface area (Å²) >= 11 is 0. The van der Waals surface area contributed by atoms with Gasteiger partial charge in [0.15, 0.2) is 0 Å². The highest BCUT2D eigenvalue weighted by Crippen LogP contribution is 2.31. The Labute approximate surface area is 105 Å². The van der Waals surface area contributed by atoms with Gasteiger partial charge in [0.05, 0.1) is 12.4 Å². The van der Waals surface area contributed by atoms with Gasteiger partial charge in [-0.3, -0.25) is 9.59 Å². The Morgan fingerprint density at radius 2 is 2.06 bits per heavy atom. The molecule has 1 aromatic heterocycles. The van der Waals surface area contributed by atoms with Crippen LogP contribution < -0.4 is 0 Å². The largest absolute Gasteiger partial charge is 0.351 e. The number of carbonyl (C=O) groups excluding carboxylic acids is 2. The average Bonchev–Trinajstić information content (AvgIpc) is 2.93. The van der Waals surface area contributed by atoms with E-state index in [2.05, 4.69) is 5.16 Å². The molecule has 0 spiro atoms. The minimum absolute atomic E-state index is 0.180. The Hall–Kier alpha value is -1.85. The second-order valence-corrected chi connectivity index (χ2v) is 4.92. The van der Waals surface area contributed by atoms with Crippen molar-refractivity contribution in [2.75, 3.05) is 19.8 Å². The summed E-state index contributed by atoms with van der Waals surface area (Å²) in [6.07, 6.45) is 1.98. The second kappa shape index (κ2) is 4.12. The number of rotatable bonds is 2. The summed E-state index contributed by atoms with van der Waals surface area (Å²) in [4.78, 5) is 27.3. The van der Waals surface area contributed by atoms with Gasteiger partial charge < -0.3 is 14.3 Å². The monoisotopic (exact) mass is 249 g/mol. The maximum Gasteiger partial charge on any atom is 0.293 e. The predicted octanol–water partition coefficient (Wildman–Crippen LogP) is 0.635. The molecule has 1 saturated carbocycles. The zero-order valence-corrected chi connectivity index (χ0v) is 10.3. The lowest BCUT2D eigenvalue weighted by atomic mass is 10.3. The van der Waals surface area contributed by atoms with E-state index in [1.165, 1.54) is 0 Å². The molecule has 6 nitrogen and oxygen atoms in total. The Kier molecular flexibility index (Phi) is 2.57. The third kappa shape index (κ3) is 1.98. The van der Waals surface area contributed by atoms with Crippen molar-refractivity contribution in [3.8, 4) is 0 Å². The standard InChI is InChI=1S/C12H15N3O3/c1-8-6-10(18-13-8)12(17)15-5-4-14(7-15)11(16)9-2-3-9/h6,9H,2-5,7H2,1H3. The summed E-state index contributed by atoms with van der Waals surface area (Å²) in [6, 6.07) is 1.62. The average molecular weight is 249 g/mol. The van der Waals surface area contributed by atoms with Crippen molar-refractivity contribution in [3.05, 3.63) is 17.5 Å². The summed E-state index contributed by atoms with van der Waals surface area (Å²) in [5, 5.41) is 3.70. The lowest BCUT2D eigenvalue weighted by Crippen LogP contribution is -2.34. The third-order valence-electron chi connectivity index (χ3n) is 3.35. The van der Waals surface area contributed by atoms with Gasteiger partial charge in [0.1, 0.15) is 0 Å². The van der Waals surface area contributed by atoms with E-state index in [9.17, 15) is 9.59 Å². The number of carbonyl (C=O) groups is 2. The molecule has 1 saturated heterocycles. The number of aromatic nitrogens is 1. The molecule has 0 unspecified atom stereocenters. The van der Waals surface area contributed by atoms with Crippen LogP contribution >= 0.6 is 0 Å². The topological polar surface area (TPSA) is 66.7 Å². The molecule has 0 aromatic carbocycles. The van der Waals surface area contributed by atoms with Crippen LogP contribution in [-0.4, -0.2) is 46.5 Å². The maximum absolute atomic E-state index is 12.1. The van der Waals surface area contributed by atoms with Gasteiger partial charge >= 0.3 is 0 Å². The molecule has 0 N–H and O–H groups in total. The fourth-order valence-electron chi connectivity index (χ4n) is 2.14. The van der Waals surface area contributed by atoms with Crippen LogP contribution in [0.2, 0.25) is 0 Å². The van der Waals surface area contributed by atoms with Gasteiger partial charge in [-0.05, 0) is 19.8 Å². The van der Waals surface area contributed by atoms with E-state index in [-0.39, 0.29) is 23.5 Å². The van der Waals surface area contributed by atoms with Crippen LogP contribution in [0.3, 0.4) is 0 Å². The van der Waals surface area contributed by atoms with Crippen molar-refractivity contribution < 1.29 is 14.1 Å². The molecule has 3 rings (SSSR count). The summed E-state index contributed by atoms with van der Waals surface area (Å²) in [5.74, 6) is 0.432. The smallest absolute Gasteiger partial charge is 0.293 e. The normalized spacial score (nSPS) is 19.4. The molecular formula is C12H15N3O3. The van der Waals surface area contributed by atoms with Crippen LogP contribution in [0.15, 0.2) is 10.6 Å². The van der Waals surface area contributed by atoms with E-state index in [0.29, 0.717) is 25.5 Å². The van der Waals surface area contributed by atoms with Gasteiger partial charge in [-0.2, -0.15) is 0 Å². The van der Waals surface area contributed by atoms with Crippen molar-refractivity contribution in [3.63, 3.8) is 0 Å². The Morgan fingerprint density at radius 1 is 1.33 bits per heavy atom. The molecular weight excluding hydrogens is 234 g/mol. The molecule has 2 fully saturated rings. The lowest BCUT2D eigenvalue weighted by Gasteiger charge is -2.17. The number of nitrogens with zero attached hydrogens (tertiary/aromatic N) is 3. The van der Waals surface area contributed by atoms with E-state index in [1.807, 2.05) is 0 Å². The summed E-state index contributed by atoms with van der Waals surface area (Å²) in [7, 11) is 0. The van der Waals surface area contributed by atoms with Gasteiger partial charge in [0.2, 0.25) is 11.7 Å². The zero-order chi connectivity index (χ0) is 12.7. The Morgan fingerprint density at radius 3 is 2.67 bits per heavy atom. The summed E-state index contributed by atoms with van der Waals surface area (Å²) < 4.78 is 4.95. The zero-order valence-electron chi connectivity index (χ0n) is 10.3. The molecule has 2 amide bonds. The minimum atomic E-state index is -0.193. The van der Waals surface area contributed by atoms with Gasteiger partial charge in [-0.15, -0.1) is 0 Å². The van der Waals surface area contributed by atoms with Crippen LogP contribution in [0, 0.1) is 12.8 Å². The molecule has 96 valence electrons. The minimum Gasteiger partial charge on any atom is -0.351 e. The fourth-order valence-corrected chi connectivity index (χ4v) is 2.14. The highest BCUT2D eigenvalue weighted by atomic mass is 16.5. The molecule has 2 aliphatic rings. The number of aryl methyl sites for hydroxylation is 1. The number of hydrogen-bond donors (Lipinski definition) is 0. The quantitative estimate of drug-likeness (QED) is 0.771. The van der Waals surface area contributed by atoms with Gasteiger partial charge in [0, 0.05) is 25.1 Å². The van der Waals surface area contributed by atoms with Crippen LogP contribution in [0.1, 0.15) is 29.1 Å². The molecule has 0 radical (unpaired) electrons. The number of amides is 2. The van der Waals surface area contributed by atoms with Crippen molar-refractivity contribution in [1.29, 1.82) is 0 Å². The van der Waals surface area contributed by atoms with Crippen molar-refractivity contribution in [2.24, 2.45) is 5.92 Å². The maximum atomic E-state index is 12.1. The van der Waals surface area contributed by atoms with Gasteiger partial charge in [-0.1, -0.05) is 5.16 Å². The van der Waals surface area contributed by atoms with Crippen LogP contribution in [0.4, 0.5) is 0 Å². The molecule has 1 aliphatic heterocycles.